The van der Waals surface area contributed by atoms with Crippen molar-refractivity contribution in [2.45, 2.75) is 45.7 Å². The Balaban J connectivity index is 1.90. The maximum absolute atomic E-state index is 12.5. The topological polar surface area (TPSA) is 77.1 Å². The monoisotopic (exact) mass is 287 g/mol. The van der Waals surface area contributed by atoms with E-state index in [4.69, 9.17) is 4.42 Å². The van der Waals surface area contributed by atoms with Gasteiger partial charge in [0.2, 0.25) is 11.7 Å². The van der Waals surface area contributed by atoms with Crippen LogP contribution in [-0.4, -0.2) is 37.1 Å². The lowest BCUT2D eigenvalue weighted by Crippen LogP contribution is -2.42. The van der Waals surface area contributed by atoms with E-state index in [2.05, 4.69) is 15.2 Å². The molecule has 0 bridgehead atoms. The average Bonchev–Trinajstić information content (AvgIpc) is 3.13. The second-order valence-electron chi connectivity index (χ2n) is 5.76. The summed E-state index contributed by atoms with van der Waals surface area (Å²) in [6.45, 7) is 6.39. The first-order valence-electron chi connectivity index (χ1n) is 7.27. The minimum Gasteiger partial charge on any atom is -0.437 e. The first kappa shape index (κ1) is 12.6. The number of fused-ring (bicyclic) bond motifs is 3. The van der Waals surface area contributed by atoms with Gasteiger partial charge in [0.05, 0.1) is 11.7 Å². The van der Waals surface area contributed by atoms with Crippen LogP contribution in [0.15, 0.2) is 4.42 Å². The zero-order valence-electron chi connectivity index (χ0n) is 12.3. The molecule has 0 radical (unpaired) electrons. The fourth-order valence-electron chi connectivity index (χ4n) is 3.46. The molecule has 4 heterocycles. The van der Waals surface area contributed by atoms with Crippen molar-refractivity contribution in [3.63, 3.8) is 0 Å². The molecular formula is C14H17N5O2. The molecule has 7 heteroatoms. The largest absolute Gasteiger partial charge is 0.437 e. The predicted molar refractivity (Wildman–Crippen MR) is 73.4 cm³/mol. The van der Waals surface area contributed by atoms with E-state index in [9.17, 15) is 4.79 Å². The fraction of sp³-hybridized carbons (Fsp3) is 0.571. The van der Waals surface area contributed by atoms with Crippen molar-refractivity contribution in [2.24, 2.45) is 0 Å². The average molecular weight is 287 g/mol. The molecule has 0 N–H and O–H groups in total. The van der Waals surface area contributed by atoms with E-state index < -0.39 is 0 Å². The van der Waals surface area contributed by atoms with Crippen LogP contribution in [0, 0.1) is 13.8 Å². The Morgan fingerprint density at radius 1 is 1.29 bits per heavy atom. The van der Waals surface area contributed by atoms with Gasteiger partial charge < -0.3 is 9.32 Å². The molecule has 2 aliphatic heterocycles. The van der Waals surface area contributed by atoms with Crippen molar-refractivity contribution in [2.75, 3.05) is 6.54 Å². The SMILES string of the molecule is Cc1nc(C)c(-c2nnc3n2[C@@H](C)C(=O)N2CCC[C@@H]32)o1. The third-order valence-electron chi connectivity index (χ3n) is 4.41. The van der Waals surface area contributed by atoms with Crippen LogP contribution in [0.1, 0.15) is 49.3 Å². The number of hydrogen-bond acceptors (Lipinski definition) is 5. The van der Waals surface area contributed by atoms with Gasteiger partial charge in [-0.3, -0.25) is 9.36 Å². The first-order valence-corrected chi connectivity index (χ1v) is 7.27. The van der Waals surface area contributed by atoms with Crippen LogP contribution in [0.25, 0.3) is 11.6 Å². The Morgan fingerprint density at radius 3 is 2.81 bits per heavy atom. The van der Waals surface area contributed by atoms with Gasteiger partial charge in [-0.15, -0.1) is 10.2 Å². The van der Waals surface area contributed by atoms with Gasteiger partial charge in [0.1, 0.15) is 6.04 Å². The van der Waals surface area contributed by atoms with Gasteiger partial charge in [-0.2, -0.15) is 0 Å². The summed E-state index contributed by atoms with van der Waals surface area (Å²) in [5, 5.41) is 8.63. The van der Waals surface area contributed by atoms with Crippen molar-refractivity contribution in [3.8, 4) is 11.6 Å². The fourth-order valence-corrected chi connectivity index (χ4v) is 3.46. The molecule has 0 unspecified atom stereocenters. The molecule has 1 amide bonds. The first-order chi connectivity index (χ1) is 10.1. The van der Waals surface area contributed by atoms with E-state index in [1.807, 2.05) is 23.3 Å². The van der Waals surface area contributed by atoms with E-state index in [0.717, 1.165) is 30.9 Å². The van der Waals surface area contributed by atoms with E-state index in [1.165, 1.54) is 0 Å². The predicted octanol–water partition coefficient (Wildman–Crippen LogP) is 1.79. The van der Waals surface area contributed by atoms with Crippen molar-refractivity contribution >= 4 is 5.91 Å². The van der Waals surface area contributed by atoms with Gasteiger partial charge in [-0.05, 0) is 26.7 Å². The van der Waals surface area contributed by atoms with Gasteiger partial charge in [0, 0.05) is 13.5 Å². The minimum absolute atomic E-state index is 0.0549. The van der Waals surface area contributed by atoms with Crippen LogP contribution in [-0.2, 0) is 4.79 Å². The summed E-state index contributed by atoms with van der Waals surface area (Å²) >= 11 is 0. The van der Waals surface area contributed by atoms with Gasteiger partial charge in [0.25, 0.3) is 0 Å². The Kier molecular flexibility index (Phi) is 2.49. The smallest absolute Gasteiger partial charge is 0.246 e. The van der Waals surface area contributed by atoms with Crippen LogP contribution >= 0.6 is 0 Å². The molecule has 21 heavy (non-hydrogen) atoms. The standard InChI is InChI=1S/C14H17N5O2/c1-7-11(21-9(3)15-7)13-17-16-12-10-5-4-6-18(10)14(20)8(2)19(12)13/h8,10H,4-6H2,1-3H3/t8-,10-/m0/s1. The van der Waals surface area contributed by atoms with Crippen LogP contribution in [0.2, 0.25) is 0 Å². The number of carbonyl (C=O) groups excluding carboxylic acids is 1. The van der Waals surface area contributed by atoms with Gasteiger partial charge in [0.15, 0.2) is 17.5 Å². The Bertz CT molecular complexity index is 732. The second kappa shape index (κ2) is 4.16. The number of aryl methyl sites for hydroxylation is 2. The number of oxazole rings is 1. The number of hydrogen-bond donors (Lipinski definition) is 0. The molecule has 2 aliphatic rings. The Hall–Kier alpha value is -2.18. The lowest BCUT2D eigenvalue weighted by atomic mass is 10.1. The van der Waals surface area contributed by atoms with E-state index in [0.29, 0.717) is 17.5 Å². The van der Waals surface area contributed by atoms with E-state index in [-0.39, 0.29) is 18.0 Å². The minimum atomic E-state index is -0.302. The van der Waals surface area contributed by atoms with Crippen molar-refractivity contribution < 1.29 is 9.21 Å². The molecule has 2 aromatic rings. The van der Waals surface area contributed by atoms with E-state index >= 15 is 0 Å². The molecule has 0 aromatic carbocycles. The van der Waals surface area contributed by atoms with Crippen molar-refractivity contribution in [1.82, 2.24) is 24.6 Å². The summed E-state index contributed by atoms with van der Waals surface area (Å²) in [7, 11) is 0. The molecular weight excluding hydrogens is 270 g/mol. The summed E-state index contributed by atoms with van der Waals surface area (Å²) in [5.74, 6) is 2.81. The molecule has 2 atom stereocenters. The molecule has 0 aliphatic carbocycles. The summed E-state index contributed by atoms with van der Waals surface area (Å²) in [4.78, 5) is 18.8. The number of carbonyl (C=O) groups is 1. The summed E-state index contributed by atoms with van der Waals surface area (Å²) in [6.07, 6.45) is 1.97. The van der Waals surface area contributed by atoms with Crippen molar-refractivity contribution in [1.29, 1.82) is 0 Å². The number of rotatable bonds is 1. The third-order valence-corrected chi connectivity index (χ3v) is 4.41. The van der Waals surface area contributed by atoms with Gasteiger partial charge >= 0.3 is 0 Å². The van der Waals surface area contributed by atoms with E-state index in [1.54, 1.807) is 6.92 Å². The zero-order valence-corrected chi connectivity index (χ0v) is 12.3. The molecule has 0 spiro atoms. The maximum Gasteiger partial charge on any atom is 0.246 e. The molecule has 110 valence electrons. The number of aromatic nitrogens is 4. The summed E-state index contributed by atoms with van der Waals surface area (Å²) in [5.41, 5.74) is 0.774. The van der Waals surface area contributed by atoms with Crippen LogP contribution in [0.3, 0.4) is 0 Å². The van der Waals surface area contributed by atoms with Crippen LogP contribution < -0.4 is 0 Å². The molecule has 0 saturated carbocycles. The highest BCUT2D eigenvalue weighted by molar-refractivity contribution is 5.82. The normalized spacial score (nSPS) is 24.3. The summed E-state index contributed by atoms with van der Waals surface area (Å²) < 4.78 is 7.58. The zero-order chi connectivity index (χ0) is 14.7. The van der Waals surface area contributed by atoms with Gasteiger partial charge in [-0.1, -0.05) is 0 Å². The van der Waals surface area contributed by atoms with Crippen molar-refractivity contribution in [3.05, 3.63) is 17.4 Å². The lowest BCUT2D eigenvalue weighted by Gasteiger charge is -2.34. The molecule has 1 fully saturated rings. The molecule has 2 aromatic heterocycles. The maximum atomic E-state index is 12.5. The lowest BCUT2D eigenvalue weighted by molar-refractivity contribution is -0.137. The number of amides is 1. The highest BCUT2D eigenvalue weighted by atomic mass is 16.4. The second-order valence-corrected chi connectivity index (χ2v) is 5.76. The molecule has 4 rings (SSSR count). The molecule has 7 nitrogen and oxygen atoms in total. The number of nitrogens with zero attached hydrogens (tertiary/aromatic N) is 5. The Morgan fingerprint density at radius 2 is 2.10 bits per heavy atom. The van der Waals surface area contributed by atoms with Crippen LogP contribution in [0.5, 0.6) is 0 Å². The Labute approximate surface area is 122 Å². The highest BCUT2D eigenvalue weighted by Crippen LogP contribution is 2.40. The van der Waals surface area contributed by atoms with Gasteiger partial charge in [-0.25, -0.2) is 4.98 Å². The third kappa shape index (κ3) is 1.60. The quantitative estimate of drug-likeness (QED) is 0.799. The van der Waals surface area contributed by atoms with Crippen LogP contribution in [0.4, 0.5) is 0 Å². The summed E-state index contributed by atoms with van der Waals surface area (Å²) in [6, 6.07) is -0.247. The molecule has 1 saturated heterocycles. The highest BCUT2D eigenvalue weighted by Gasteiger charge is 2.43.